The van der Waals surface area contributed by atoms with Crippen molar-refractivity contribution in [3.05, 3.63) is 23.2 Å². The molecular weight excluding hydrogens is 266 g/mol. The number of carbonyl (C=O) groups excluding carboxylic acids is 1. The smallest absolute Gasteiger partial charge is 0.265 e. The van der Waals surface area contributed by atoms with E-state index in [4.69, 9.17) is 5.73 Å². The lowest BCUT2D eigenvalue weighted by molar-refractivity contribution is 0.0809. The first-order valence-electron chi connectivity index (χ1n) is 5.52. The van der Waals surface area contributed by atoms with E-state index >= 15 is 0 Å². The minimum atomic E-state index is -0.0236. The van der Waals surface area contributed by atoms with Gasteiger partial charge in [0.15, 0.2) is 0 Å². The van der Waals surface area contributed by atoms with Gasteiger partial charge in [-0.1, -0.05) is 0 Å². The molecule has 2 aromatic heterocycles. The van der Waals surface area contributed by atoms with E-state index < -0.39 is 0 Å². The Labute approximate surface area is 114 Å². The summed E-state index contributed by atoms with van der Waals surface area (Å²) in [6, 6.07) is 3.78. The summed E-state index contributed by atoms with van der Waals surface area (Å²) in [5, 5.41) is 0. The van der Waals surface area contributed by atoms with Crippen molar-refractivity contribution in [2.75, 3.05) is 31.3 Å². The second-order valence-electron chi connectivity index (χ2n) is 3.91. The molecule has 18 heavy (non-hydrogen) atoms. The zero-order valence-corrected chi connectivity index (χ0v) is 12.0. The second kappa shape index (κ2) is 5.58. The third kappa shape index (κ3) is 2.44. The predicted molar refractivity (Wildman–Crippen MR) is 79.4 cm³/mol. The van der Waals surface area contributed by atoms with E-state index in [1.54, 1.807) is 29.9 Å². The fraction of sp³-hybridized carbons (Fsp3) is 0.333. The van der Waals surface area contributed by atoms with Gasteiger partial charge in [-0.25, -0.2) is 0 Å². The van der Waals surface area contributed by atoms with Crippen LogP contribution in [0.5, 0.6) is 0 Å². The number of nitrogens with zero attached hydrogens (tertiary/aromatic N) is 2. The highest BCUT2D eigenvalue weighted by Gasteiger charge is 2.19. The topological polar surface area (TPSA) is 59.2 Å². The fourth-order valence-corrected chi connectivity index (χ4v) is 3.14. The molecule has 0 saturated heterocycles. The molecule has 0 atom stereocenters. The number of anilines is 1. The molecule has 0 radical (unpaired) electrons. The zero-order valence-electron chi connectivity index (χ0n) is 10.3. The van der Waals surface area contributed by atoms with Gasteiger partial charge in [-0.2, -0.15) is 11.8 Å². The molecular formula is C12H15N3OS2. The minimum absolute atomic E-state index is 0.0236. The van der Waals surface area contributed by atoms with Crippen molar-refractivity contribution >= 4 is 44.9 Å². The first-order valence-corrected chi connectivity index (χ1v) is 7.73. The number of nitrogens with two attached hydrogens (primary N) is 1. The number of nitrogen functional groups attached to an aromatic ring is 1. The molecule has 2 N–H and O–H groups in total. The molecule has 2 heterocycles. The standard InChI is InChI=1S/C12H15N3OS2/c1-15(6-7-17-2)12(16)11-9(13)10-8(18-11)4-3-5-14-10/h3-5H,6-7,13H2,1-2H3. The van der Waals surface area contributed by atoms with Gasteiger partial charge in [0.25, 0.3) is 5.91 Å². The number of thiophene rings is 1. The number of hydrogen-bond donors (Lipinski definition) is 1. The minimum Gasteiger partial charge on any atom is -0.396 e. The van der Waals surface area contributed by atoms with E-state index in [-0.39, 0.29) is 5.91 Å². The molecule has 2 aromatic rings. The summed E-state index contributed by atoms with van der Waals surface area (Å²) >= 11 is 3.13. The van der Waals surface area contributed by atoms with Crippen LogP contribution in [0.4, 0.5) is 5.69 Å². The van der Waals surface area contributed by atoms with Gasteiger partial charge in [-0.05, 0) is 18.4 Å². The van der Waals surface area contributed by atoms with Gasteiger partial charge in [-0.15, -0.1) is 11.3 Å². The summed E-state index contributed by atoms with van der Waals surface area (Å²) in [6.45, 7) is 0.723. The van der Waals surface area contributed by atoms with Gasteiger partial charge in [0, 0.05) is 25.5 Å². The molecule has 4 nitrogen and oxygen atoms in total. The Hall–Kier alpha value is -1.27. The second-order valence-corrected chi connectivity index (χ2v) is 5.95. The van der Waals surface area contributed by atoms with Gasteiger partial charge in [0.1, 0.15) is 10.4 Å². The molecule has 0 spiro atoms. The number of rotatable bonds is 4. The van der Waals surface area contributed by atoms with Gasteiger partial charge < -0.3 is 10.6 Å². The molecule has 0 bridgehead atoms. The molecule has 0 aliphatic heterocycles. The Balaban J connectivity index is 2.30. The Bertz CT molecular complexity index is 567. The van der Waals surface area contributed by atoms with E-state index in [0.29, 0.717) is 10.6 Å². The van der Waals surface area contributed by atoms with Gasteiger partial charge in [0.05, 0.1) is 10.4 Å². The van der Waals surface area contributed by atoms with E-state index in [9.17, 15) is 4.79 Å². The maximum absolute atomic E-state index is 12.3. The Morgan fingerprint density at radius 3 is 3.06 bits per heavy atom. The van der Waals surface area contributed by atoms with Crippen LogP contribution >= 0.6 is 23.1 Å². The summed E-state index contributed by atoms with van der Waals surface area (Å²) in [5.41, 5.74) is 7.22. The summed E-state index contributed by atoms with van der Waals surface area (Å²) in [5.74, 6) is 0.898. The quantitative estimate of drug-likeness (QED) is 0.934. The van der Waals surface area contributed by atoms with Gasteiger partial charge in [-0.3, -0.25) is 9.78 Å². The van der Waals surface area contributed by atoms with E-state index in [1.807, 2.05) is 18.4 Å². The van der Waals surface area contributed by atoms with Gasteiger partial charge in [0.2, 0.25) is 0 Å². The molecule has 0 aromatic carbocycles. The average molecular weight is 281 g/mol. The lowest BCUT2D eigenvalue weighted by Gasteiger charge is -2.15. The highest BCUT2D eigenvalue weighted by molar-refractivity contribution is 7.98. The molecule has 96 valence electrons. The van der Waals surface area contributed by atoms with Crippen molar-refractivity contribution in [2.45, 2.75) is 0 Å². The van der Waals surface area contributed by atoms with Crippen LogP contribution in [0.3, 0.4) is 0 Å². The van der Waals surface area contributed by atoms with Crippen LogP contribution < -0.4 is 5.73 Å². The normalized spacial score (nSPS) is 10.8. The van der Waals surface area contributed by atoms with Crippen LogP contribution in [0.2, 0.25) is 0 Å². The SMILES string of the molecule is CSCCN(C)C(=O)c1sc2cccnc2c1N. The molecule has 0 unspecified atom stereocenters. The van der Waals surface area contributed by atoms with Crippen LogP contribution in [0, 0.1) is 0 Å². The number of aromatic nitrogens is 1. The van der Waals surface area contributed by atoms with Crippen LogP contribution in [-0.2, 0) is 0 Å². The highest BCUT2D eigenvalue weighted by Crippen LogP contribution is 2.32. The van der Waals surface area contributed by atoms with Crippen molar-refractivity contribution in [3.63, 3.8) is 0 Å². The largest absolute Gasteiger partial charge is 0.396 e. The van der Waals surface area contributed by atoms with Crippen LogP contribution in [0.1, 0.15) is 9.67 Å². The Morgan fingerprint density at radius 1 is 1.61 bits per heavy atom. The molecule has 0 aliphatic carbocycles. The summed E-state index contributed by atoms with van der Waals surface area (Å²) in [4.78, 5) is 18.8. The maximum atomic E-state index is 12.3. The average Bonchev–Trinajstić information content (AvgIpc) is 2.73. The summed E-state index contributed by atoms with van der Waals surface area (Å²) < 4.78 is 0.955. The Morgan fingerprint density at radius 2 is 2.39 bits per heavy atom. The van der Waals surface area contributed by atoms with Crippen molar-refractivity contribution in [2.24, 2.45) is 0 Å². The van der Waals surface area contributed by atoms with Crippen LogP contribution in [0.25, 0.3) is 10.2 Å². The third-order valence-corrected chi connectivity index (χ3v) is 4.39. The molecule has 1 amide bonds. The fourth-order valence-electron chi connectivity index (χ4n) is 1.61. The van der Waals surface area contributed by atoms with E-state index in [2.05, 4.69) is 4.98 Å². The van der Waals surface area contributed by atoms with Gasteiger partial charge >= 0.3 is 0 Å². The van der Waals surface area contributed by atoms with Crippen molar-refractivity contribution in [1.29, 1.82) is 0 Å². The Kier molecular flexibility index (Phi) is 4.08. The number of hydrogen-bond acceptors (Lipinski definition) is 5. The van der Waals surface area contributed by atoms with E-state index in [0.717, 1.165) is 22.5 Å². The first kappa shape index (κ1) is 13.2. The van der Waals surface area contributed by atoms with E-state index in [1.165, 1.54) is 11.3 Å². The molecule has 6 heteroatoms. The number of fused-ring (bicyclic) bond motifs is 1. The van der Waals surface area contributed by atoms with Crippen molar-refractivity contribution < 1.29 is 4.79 Å². The monoisotopic (exact) mass is 281 g/mol. The molecule has 0 aliphatic rings. The highest BCUT2D eigenvalue weighted by atomic mass is 32.2. The first-order chi connectivity index (χ1) is 8.65. The maximum Gasteiger partial charge on any atom is 0.265 e. The number of thioether (sulfide) groups is 1. The molecule has 0 fully saturated rings. The summed E-state index contributed by atoms with van der Waals surface area (Å²) in [6.07, 6.45) is 3.72. The lowest BCUT2D eigenvalue weighted by atomic mass is 10.3. The lowest BCUT2D eigenvalue weighted by Crippen LogP contribution is -2.28. The zero-order chi connectivity index (χ0) is 13.1. The molecule has 0 saturated carbocycles. The number of carbonyl (C=O) groups is 1. The predicted octanol–water partition coefficient (Wildman–Crippen LogP) is 2.31. The van der Waals surface area contributed by atoms with Crippen LogP contribution in [-0.4, -0.2) is 41.4 Å². The van der Waals surface area contributed by atoms with Crippen molar-refractivity contribution in [3.8, 4) is 0 Å². The third-order valence-electron chi connectivity index (χ3n) is 2.65. The van der Waals surface area contributed by atoms with Crippen LogP contribution in [0.15, 0.2) is 18.3 Å². The number of amides is 1. The molecule has 2 rings (SSSR count). The number of pyridine rings is 1. The van der Waals surface area contributed by atoms with Crippen molar-refractivity contribution in [1.82, 2.24) is 9.88 Å². The summed E-state index contributed by atoms with van der Waals surface area (Å²) in [7, 11) is 1.80.